The SMILES string of the molecule is COC(=O)C1(C)OCC(OC(=O)NCC(CNC(=O)OC2COC(C)(C(=O)OC)OC2)OC(=O)Oc2ccc(N=O)cc2)CO1. The number of esters is 2. The molecule has 2 heterocycles. The van der Waals surface area contributed by atoms with Crippen LogP contribution in [0.2, 0.25) is 0 Å². The average Bonchev–Trinajstić information content (AvgIpc) is 3.04. The van der Waals surface area contributed by atoms with Gasteiger partial charge in [-0.05, 0) is 29.4 Å². The number of rotatable bonds is 11. The quantitative estimate of drug-likeness (QED) is 0.148. The van der Waals surface area contributed by atoms with Crippen molar-refractivity contribution >= 4 is 36.0 Å². The molecule has 0 aromatic heterocycles. The van der Waals surface area contributed by atoms with Crippen molar-refractivity contribution in [1.82, 2.24) is 10.6 Å². The molecule has 0 aliphatic carbocycles. The molecule has 19 heteroatoms. The number of ether oxygens (including phenoxy) is 10. The number of methoxy groups -OCH3 is 2. The van der Waals surface area contributed by atoms with E-state index in [0.29, 0.717) is 0 Å². The van der Waals surface area contributed by atoms with Crippen LogP contribution < -0.4 is 15.4 Å². The molecule has 45 heavy (non-hydrogen) atoms. The molecule has 2 aliphatic heterocycles. The second-order valence-corrected chi connectivity index (χ2v) is 9.61. The van der Waals surface area contributed by atoms with Crippen molar-refractivity contribution in [1.29, 1.82) is 0 Å². The Hall–Kier alpha value is -4.59. The minimum absolute atomic E-state index is 0.0263. The highest BCUT2D eigenvalue weighted by atomic mass is 16.8. The Labute approximate surface area is 255 Å². The first-order chi connectivity index (χ1) is 21.4. The highest BCUT2D eigenvalue weighted by Crippen LogP contribution is 2.23. The van der Waals surface area contributed by atoms with Crippen LogP contribution >= 0.6 is 0 Å². The summed E-state index contributed by atoms with van der Waals surface area (Å²) in [6.07, 6.45) is -6.10. The van der Waals surface area contributed by atoms with Crippen molar-refractivity contribution in [2.75, 3.05) is 53.7 Å². The minimum Gasteiger partial charge on any atom is -0.465 e. The van der Waals surface area contributed by atoms with E-state index in [2.05, 4.69) is 25.3 Å². The monoisotopic (exact) mass is 643 g/mol. The fraction of sp³-hybridized carbons (Fsp3) is 0.577. The number of amides is 2. The first-order valence-corrected chi connectivity index (χ1v) is 13.3. The second kappa shape index (κ2) is 15.9. The first-order valence-electron chi connectivity index (χ1n) is 13.3. The van der Waals surface area contributed by atoms with Crippen LogP contribution in [0.5, 0.6) is 5.75 Å². The number of nitroso groups, excluding NO2 is 1. The van der Waals surface area contributed by atoms with Crippen LogP contribution in [0.1, 0.15) is 13.8 Å². The molecule has 2 amide bonds. The summed E-state index contributed by atoms with van der Waals surface area (Å²) in [5.41, 5.74) is 0.103. The van der Waals surface area contributed by atoms with Crippen LogP contribution in [-0.4, -0.2) is 114 Å². The summed E-state index contributed by atoms with van der Waals surface area (Å²) in [6.45, 7) is 1.27. The van der Waals surface area contributed by atoms with Crippen LogP contribution in [0, 0.1) is 4.91 Å². The largest absolute Gasteiger partial charge is 0.514 e. The van der Waals surface area contributed by atoms with Gasteiger partial charge in [-0.25, -0.2) is 24.0 Å². The zero-order valence-corrected chi connectivity index (χ0v) is 24.8. The predicted molar refractivity (Wildman–Crippen MR) is 144 cm³/mol. The molecule has 0 unspecified atom stereocenters. The van der Waals surface area contributed by atoms with Crippen molar-refractivity contribution in [3.63, 3.8) is 0 Å². The topological polar surface area (TPSA) is 231 Å². The van der Waals surface area contributed by atoms with Gasteiger partial charge in [0, 0.05) is 13.8 Å². The van der Waals surface area contributed by atoms with Gasteiger partial charge in [0.2, 0.25) is 0 Å². The van der Waals surface area contributed by atoms with E-state index in [4.69, 9.17) is 37.9 Å². The lowest BCUT2D eigenvalue weighted by molar-refractivity contribution is -0.279. The van der Waals surface area contributed by atoms with Crippen molar-refractivity contribution in [2.24, 2.45) is 5.18 Å². The number of alkyl carbamates (subject to hydrolysis) is 2. The van der Waals surface area contributed by atoms with E-state index in [0.717, 1.165) is 0 Å². The third-order valence-electron chi connectivity index (χ3n) is 6.19. The van der Waals surface area contributed by atoms with Gasteiger partial charge >= 0.3 is 30.3 Å². The van der Waals surface area contributed by atoms with Gasteiger partial charge in [-0.1, -0.05) is 0 Å². The summed E-state index contributed by atoms with van der Waals surface area (Å²) in [5.74, 6) is -4.79. The third kappa shape index (κ3) is 10.2. The van der Waals surface area contributed by atoms with Gasteiger partial charge in [-0.2, -0.15) is 0 Å². The Morgan fingerprint density at radius 1 is 0.800 bits per heavy atom. The zero-order chi connectivity index (χ0) is 33.0. The Morgan fingerprint density at radius 3 is 1.60 bits per heavy atom. The predicted octanol–water partition coefficient (Wildman–Crippen LogP) is 1.03. The maximum atomic E-state index is 12.4. The molecule has 19 nitrogen and oxygen atoms in total. The molecular weight excluding hydrogens is 610 g/mol. The number of carbonyl (C=O) groups excluding carboxylic acids is 5. The van der Waals surface area contributed by atoms with Gasteiger partial charge in [-0.15, -0.1) is 4.91 Å². The van der Waals surface area contributed by atoms with E-state index in [-0.39, 0.29) is 51.0 Å². The Morgan fingerprint density at radius 2 is 1.22 bits per heavy atom. The normalized spacial score (nSPS) is 25.0. The highest BCUT2D eigenvalue weighted by molar-refractivity contribution is 5.77. The van der Waals surface area contributed by atoms with Gasteiger partial charge in [0.05, 0.1) is 53.7 Å². The van der Waals surface area contributed by atoms with E-state index in [1.807, 2.05) is 0 Å². The number of nitrogens with zero attached hydrogens (tertiary/aromatic N) is 1. The molecule has 2 saturated heterocycles. The van der Waals surface area contributed by atoms with Crippen molar-refractivity contribution in [3.05, 3.63) is 29.2 Å². The fourth-order valence-electron chi connectivity index (χ4n) is 3.70. The van der Waals surface area contributed by atoms with Crippen molar-refractivity contribution in [2.45, 2.75) is 43.7 Å². The maximum Gasteiger partial charge on any atom is 0.514 e. The number of hydrogen-bond acceptors (Lipinski definition) is 17. The number of hydrogen-bond donors (Lipinski definition) is 2. The molecule has 1 aromatic rings. The molecule has 0 saturated carbocycles. The molecule has 0 atom stereocenters. The maximum absolute atomic E-state index is 12.4. The lowest BCUT2D eigenvalue weighted by Crippen LogP contribution is -2.52. The molecule has 0 bridgehead atoms. The lowest BCUT2D eigenvalue weighted by atomic mass is 10.2. The molecular formula is C26H33N3O16. The molecule has 2 fully saturated rings. The zero-order valence-electron chi connectivity index (χ0n) is 24.8. The van der Waals surface area contributed by atoms with Crippen LogP contribution in [-0.2, 0) is 52.2 Å². The van der Waals surface area contributed by atoms with Gasteiger partial charge in [0.25, 0.3) is 11.6 Å². The van der Waals surface area contributed by atoms with E-state index in [1.54, 1.807) is 0 Å². The summed E-state index contributed by atoms with van der Waals surface area (Å²) in [5, 5.41) is 7.50. The van der Waals surface area contributed by atoms with Gasteiger partial charge in [-0.3, -0.25) is 0 Å². The Kier molecular flexibility index (Phi) is 12.4. The van der Waals surface area contributed by atoms with Crippen LogP contribution in [0.4, 0.5) is 20.1 Å². The smallest absolute Gasteiger partial charge is 0.465 e. The highest BCUT2D eigenvalue weighted by Gasteiger charge is 2.43. The van der Waals surface area contributed by atoms with E-state index >= 15 is 0 Å². The first kappa shape index (κ1) is 34.9. The number of nitrogens with one attached hydrogen (secondary N) is 2. The molecule has 1 aromatic carbocycles. The summed E-state index contributed by atoms with van der Waals surface area (Å²) in [6, 6.07) is 5.22. The number of carbonyl (C=O) groups is 5. The minimum atomic E-state index is -1.65. The Balaban J connectivity index is 1.52. The summed E-state index contributed by atoms with van der Waals surface area (Å²) in [7, 11) is 2.33. The fourth-order valence-corrected chi connectivity index (χ4v) is 3.70. The third-order valence-corrected chi connectivity index (χ3v) is 6.19. The van der Waals surface area contributed by atoms with Crippen molar-refractivity contribution in [3.8, 4) is 5.75 Å². The molecule has 248 valence electrons. The molecule has 2 aliphatic rings. The van der Waals surface area contributed by atoms with E-state index in [1.165, 1.54) is 52.3 Å². The molecule has 2 N–H and O–H groups in total. The van der Waals surface area contributed by atoms with Gasteiger partial charge < -0.3 is 58.0 Å². The van der Waals surface area contributed by atoms with E-state index < -0.39 is 60.2 Å². The molecule has 0 radical (unpaired) electrons. The molecule has 0 spiro atoms. The lowest BCUT2D eigenvalue weighted by Gasteiger charge is -2.34. The summed E-state index contributed by atoms with van der Waals surface area (Å²) < 4.78 is 51.2. The molecule has 3 rings (SSSR count). The van der Waals surface area contributed by atoms with E-state index in [9.17, 15) is 28.9 Å². The van der Waals surface area contributed by atoms with Crippen LogP contribution in [0.25, 0.3) is 0 Å². The van der Waals surface area contributed by atoms with Crippen LogP contribution in [0.3, 0.4) is 0 Å². The van der Waals surface area contributed by atoms with Crippen molar-refractivity contribution < 1.29 is 71.3 Å². The summed E-state index contributed by atoms with van der Waals surface area (Å²) in [4.78, 5) is 71.4. The summed E-state index contributed by atoms with van der Waals surface area (Å²) >= 11 is 0. The second-order valence-electron chi connectivity index (χ2n) is 9.61. The Bertz CT molecular complexity index is 1150. The van der Waals surface area contributed by atoms with Crippen LogP contribution in [0.15, 0.2) is 29.4 Å². The average molecular weight is 644 g/mol. The van der Waals surface area contributed by atoms with Gasteiger partial charge in [0.15, 0.2) is 12.2 Å². The standard InChI is InChI=1S/C26H33N3O16/c1-25(20(30)36-3)38-11-18(12-39-25)42-22(32)27-9-17(45-24(34)44-16-7-5-15(29-35)6-8-16)10-28-23(33)43-19-13-40-26(2,41-14-19)21(31)37-4/h5-8,17-19H,9-14H2,1-4H3,(H,27,32)(H,28,33). The van der Waals surface area contributed by atoms with Gasteiger partial charge in [0.1, 0.15) is 17.5 Å². The number of benzene rings is 1.